The molecule has 0 fully saturated rings. The molecular formula is C17H14Cl2N4O2. The van der Waals surface area contributed by atoms with Gasteiger partial charge in [0.15, 0.2) is 0 Å². The SMILES string of the molecule is Cn1ncc(Cl)c1C(=O)NCc1ccc(Oc2ccc(Cl)nc2)cc1. The number of hydrogen-bond donors (Lipinski definition) is 1. The number of nitrogens with one attached hydrogen (secondary N) is 1. The summed E-state index contributed by atoms with van der Waals surface area (Å²) in [5.74, 6) is 0.975. The molecule has 0 atom stereocenters. The minimum atomic E-state index is -0.280. The summed E-state index contributed by atoms with van der Waals surface area (Å²) < 4.78 is 7.11. The van der Waals surface area contributed by atoms with Crippen LogP contribution in [0.1, 0.15) is 16.1 Å². The van der Waals surface area contributed by atoms with E-state index in [1.165, 1.54) is 10.9 Å². The number of amides is 1. The molecule has 0 unspecified atom stereocenters. The van der Waals surface area contributed by atoms with Crippen LogP contribution in [-0.4, -0.2) is 20.7 Å². The Morgan fingerprint density at radius 3 is 2.44 bits per heavy atom. The van der Waals surface area contributed by atoms with Crippen LogP contribution in [0.5, 0.6) is 11.5 Å². The van der Waals surface area contributed by atoms with E-state index in [4.69, 9.17) is 27.9 Å². The van der Waals surface area contributed by atoms with E-state index in [0.717, 1.165) is 5.56 Å². The normalized spacial score (nSPS) is 10.5. The zero-order chi connectivity index (χ0) is 17.8. The van der Waals surface area contributed by atoms with Gasteiger partial charge in [0, 0.05) is 13.6 Å². The molecule has 2 aromatic heterocycles. The second kappa shape index (κ2) is 7.55. The minimum absolute atomic E-state index is 0.280. The smallest absolute Gasteiger partial charge is 0.271 e. The van der Waals surface area contributed by atoms with Gasteiger partial charge in [0.2, 0.25) is 0 Å². The van der Waals surface area contributed by atoms with Crippen molar-refractivity contribution >= 4 is 29.1 Å². The Kier molecular flexibility index (Phi) is 5.21. The van der Waals surface area contributed by atoms with Crippen LogP contribution in [0, 0.1) is 0 Å². The van der Waals surface area contributed by atoms with Gasteiger partial charge in [-0.2, -0.15) is 5.10 Å². The van der Waals surface area contributed by atoms with E-state index in [0.29, 0.717) is 33.9 Å². The fraction of sp³-hybridized carbons (Fsp3) is 0.118. The molecule has 2 heterocycles. The van der Waals surface area contributed by atoms with Crippen LogP contribution in [0.2, 0.25) is 10.2 Å². The van der Waals surface area contributed by atoms with Gasteiger partial charge >= 0.3 is 0 Å². The van der Waals surface area contributed by atoms with Gasteiger partial charge in [0.25, 0.3) is 5.91 Å². The monoisotopic (exact) mass is 376 g/mol. The predicted molar refractivity (Wildman–Crippen MR) is 95.2 cm³/mol. The lowest BCUT2D eigenvalue weighted by atomic mass is 10.2. The second-order valence-corrected chi connectivity index (χ2v) is 6.00. The lowest BCUT2D eigenvalue weighted by Crippen LogP contribution is -2.25. The van der Waals surface area contributed by atoms with Crippen LogP contribution < -0.4 is 10.1 Å². The summed E-state index contributed by atoms with van der Waals surface area (Å²) in [5, 5.41) is 7.48. The molecule has 0 saturated carbocycles. The van der Waals surface area contributed by atoms with Crippen molar-refractivity contribution in [3.05, 3.63) is 70.2 Å². The highest BCUT2D eigenvalue weighted by molar-refractivity contribution is 6.33. The Labute approximate surface area is 154 Å². The van der Waals surface area contributed by atoms with Crippen LogP contribution in [0.25, 0.3) is 0 Å². The third-order valence-corrected chi connectivity index (χ3v) is 3.92. The Morgan fingerprint density at radius 2 is 1.84 bits per heavy atom. The number of aromatic nitrogens is 3. The van der Waals surface area contributed by atoms with E-state index in [1.54, 1.807) is 25.4 Å². The molecule has 0 spiro atoms. The standard InChI is InChI=1S/C17H14Cl2N4O2/c1-23-16(14(18)10-22-23)17(24)21-8-11-2-4-12(5-3-11)25-13-6-7-15(19)20-9-13/h2-7,9-10H,8H2,1H3,(H,21,24). The summed E-state index contributed by atoms with van der Waals surface area (Å²) >= 11 is 11.7. The van der Waals surface area contributed by atoms with Crippen LogP contribution in [0.3, 0.4) is 0 Å². The average Bonchev–Trinajstić information content (AvgIpc) is 2.95. The van der Waals surface area contributed by atoms with E-state index < -0.39 is 0 Å². The molecule has 3 rings (SSSR count). The molecule has 6 nitrogen and oxygen atoms in total. The highest BCUT2D eigenvalue weighted by Gasteiger charge is 2.15. The van der Waals surface area contributed by atoms with Crippen molar-refractivity contribution in [3.63, 3.8) is 0 Å². The Balaban J connectivity index is 1.59. The second-order valence-electron chi connectivity index (χ2n) is 5.21. The van der Waals surface area contributed by atoms with Crippen LogP contribution in [0.15, 0.2) is 48.8 Å². The molecule has 128 valence electrons. The topological polar surface area (TPSA) is 69.0 Å². The largest absolute Gasteiger partial charge is 0.456 e. The molecule has 0 aliphatic heterocycles. The van der Waals surface area contributed by atoms with Crippen LogP contribution in [0.4, 0.5) is 0 Å². The molecule has 0 bridgehead atoms. The summed E-state index contributed by atoms with van der Waals surface area (Å²) in [4.78, 5) is 16.1. The number of aryl methyl sites for hydroxylation is 1. The lowest BCUT2D eigenvalue weighted by molar-refractivity contribution is 0.0941. The van der Waals surface area contributed by atoms with Gasteiger partial charge in [-0.05, 0) is 29.8 Å². The van der Waals surface area contributed by atoms with Gasteiger partial charge in [0.1, 0.15) is 22.3 Å². The maximum atomic E-state index is 12.2. The van der Waals surface area contributed by atoms with Gasteiger partial charge in [-0.15, -0.1) is 0 Å². The quantitative estimate of drug-likeness (QED) is 0.686. The van der Waals surface area contributed by atoms with Crippen molar-refractivity contribution < 1.29 is 9.53 Å². The van der Waals surface area contributed by atoms with Crippen LogP contribution in [-0.2, 0) is 13.6 Å². The molecule has 1 amide bonds. The third-order valence-electron chi connectivity index (χ3n) is 3.42. The molecule has 3 aromatic rings. The number of pyridine rings is 1. The fourth-order valence-corrected chi connectivity index (χ4v) is 2.53. The van der Waals surface area contributed by atoms with Crippen molar-refractivity contribution in [2.24, 2.45) is 7.05 Å². The van der Waals surface area contributed by atoms with Gasteiger partial charge in [0.05, 0.1) is 17.4 Å². The third kappa shape index (κ3) is 4.29. The molecule has 8 heteroatoms. The van der Waals surface area contributed by atoms with Gasteiger partial charge < -0.3 is 10.1 Å². The van der Waals surface area contributed by atoms with Crippen molar-refractivity contribution in [2.75, 3.05) is 0 Å². The first kappa shape index (κ1) is 17.3. The maximum Gasteiger partial charge on any atom is 0.271 e. The molecular weight excluding hydrogens is 363 g/mol. The first-order valence-electron chi connectivity index (χ1n) is 7.37. The summed E-state index contributed by atoms with van der Waals surface area (Å²) in [6.07, 6.45) is 2.99. The number of rotatable bonds is 5. The van der Waals surface area contributed by atoms with Gasteiger partial charge in [-0.3, -0.25) is 9.48 Å². The van der Waals surface area contributed by atoms with Crippen LogP contribution >= 0.6 is 23.2 Å². The molecule has 0 aliphatic rings. The van der Waals surface area contributed by atoms with Gasteiger partial charge in [-0.25, -0.2) is 4.98 Å². The zero-order valence-electron chi connectivity index (χ0n) is 13.2. The minimum Gasteiger partial charge on any atom is -0.456 e. The first-order valence-corrected chi connectivity index (χ1v) is 8.12. The Bertz CT molecular complexity index is 857. The summed E-state index contributed by atoms with van der Waals surface area (Å²) in [6.45, 7) is 0.364. The summed E-state index contributed by atoms with van der Waals surface area (Å²) in [7, 11) is 1.67. The number of ether oxygens (including phenoxy) is 1. The lowest BCUT2D eigenvalue weighted by Gasteiger charge is -2.08. The molecule has 0 saturated heterocycles. The molecule has 25 heavy (non-hydrogen) atoms. The van der Waals surface area contributed by atoms with E-state index in [1.807, 2.05) is 24.3 Å². The maximum absolute atomic E-state index is 12.2. The molecule has 1 aromatic carbocycles. The van der Waals surface area contributed by atoms with E-state index in [9.17, 15) is 4.79 Å². The Morgan fingerprint density at radius 1 is 1.12 bits per heavy atom. The zero-order valence-corrected chi connectivity index (χ0v) is 14.8. The average molecular weight is 377 g/mol. The highest BCUT2D eigenvalue weighted by Crippen LogP contribution is 2.22. The number of carbonyl (C=O) groups excluding carboxylic acids is 1. The molecule has 1 N–H and O–H groups in total. The Hall–Kier alpha value is -2.57. The summed E-state index contributed by atoms with van der Waals surface area (Å²) in [6, 6.07) is 10.7. The fourth-order valence-electron chi connectivity index (χ4n) is 2.17. The first-order chi connectivity index (χ1) is 12.0. The van der Waals surface area contributed by atoms with Crippen molar-refractivity contribution in [2.45, 2.75) is 6.54 Å². The summed E-state index contributed by atoms with van der Waals surface area (Å²) in [5.41, 5.74) is 1.25. The molecule has 0 aliphatic carbocycles. The van der Waals surface area contributed by atoms with Crippen molar-refractivity contribution in [3.8, 4) is 11.5 Å². The number of nitrogens with zero attached hydrogens (tertiary/aromatic N) is 3. The van der Waals surface area contributed by atoms with E-state index in [2.05, 4.69) is 15.4 Å². The van der Waals surface area contributed by atoms with E-state index in [-0.39, 0.29) is 5.91 Å². The van der Waals surface area contributed by atoms with Gasteiger partial charge in [-0.1, -0.05) is 35.3 Å². The van der Waals surface area contributed by atoms with E-state index >= 15 is 0 Å². The molecule has 0 radical (unpaired) electrons. The van der Waals surface area contributed by atoms with Crippen molar-refractivity contribution in [1.29, 1.82) is 0 Å². The number of carbonyl (C=O) groups is 1. The van der Waals surface area contributed by atoms with Crippen molar-refractivity contribution in [1.82, 2.24) is 20.1 Å². The number of hydrogen-bond acceptors (Lipinski definition) is 4. The predicted octanol–water partition coefficient (Wildman–Crippen LogP) is 3.84. The number of benzene rings is 1. The number of halogens is 2. The highest BCUT2D eigenvalue weighted by atomic mass is 35.5.